The highest BCUT2D eigenvalue weighted by Crippen LogP contribution is 2.26. The molecule has 8 nitrogen and oxygen atoms in total. The van der Waals surface area contributed by atoms with E-state index in [2.05, 4.69) is 10.1 Å². The summed E-state index contributed by atoms with van der Waals surface area (Å²) in [5.41, 5.74) is 2.22. The van der Waals surface area contributed by atoms with Crippen LogP contribution in [0.4, 0.5) is 0 Å². The van der Waals surface area contributed by atoms with Crippen molar-refractivity contribution < 1.29 is 14.7 Å². The molecule has 0 aliphatic carbocycles. The monoisotopic (exact) mass is 351 g/mol. The lowest BCUT2D eigenvalue weighted by atomic mass is 10.1. The van der Waals surface area contributed by atoms with Crippen molar-refractivity contribution in [3.63, 3.8) is 0 Å². The van der Waals surface area contributed by atoms with E-state index in [0.717, 1.165) is 11.4 Å². The molecule has 0 bridgehead atoms. The zero-order valence-electron chi connectivity index (χ0n) is 14.2. The number of rotatable bonds is 3. The van der Waals surface area contributed by atoms with E-state index in [1.165, 1.54) is 6.92 Å². The van der Waals surface area contributed by atoms with Crippen molar-refractivity contribution in [3.8, 4) is 11.6 Å². The number of fused-ring (bicyclic) bond motifs is 1. The standard InChI is InChI=1S/C18H17N5O3/c1-12(24)21-9-7-15-14(11-21)16(17(25)26)20-23(15)18-19-8-10-22(18)13-5-3-2-4-6-13/h2-6,8,10H,7,9,11H2,1H3,(H,25,26). The van der Waals surface area contributed by atoms with E-state index < -0.39 is 5.97 Å². The Morgan fingerprint density at radius 2 is 1.96 bits per heavy atom. The third-order valence-electron chi connectivity index (χ3n) is 4.55. The fourth-order valence-corrected chi connectivity index (χ4v) is 3.27. The molecule has 0 atom stereocenters. The number of benzene rings is 1. The second kappa shape index (κ2) is 6.14. The summed E-state index contributed by atoms with van der Waals surface area (Å²) in [5.74, 6) is -0.662. The molecule has 26 heavy (non-hydrogen) atoms. The summed E-state index contributed by atoms with van der Waals surface area (Å²) in [6.07, 6.45) is 3.99. The predicted molar refractivity (Wildman–Crippen MR) is 92.4 cm³/mol. The zero-order valence-corrected chi connectivity index (χ0v) is 14.2. The van der Waals surface area contributed by atoms with Crippen molar-refractivity contribution in [3.05, 3.63) is 59.7 Å². The number of carbonyl (C=O) groups excluding carboxylic acids is 1. The number of imidazole rings is 1. The smallest absolute Gasteiger partial charge is 0.356 e. The van der Waals surface area contributed by atoms with Crippen LogP contribution in [0.1, 0.15) is 28.7 Å². The zero-order chi connectivity index (χ0) is 18.3. The summed E-state index contributed by atoms with van der Waals surface area (Å²) in [7, 11) is 0. The second-order valence-electron chi connectivity index (χ2n) is 6.11. The molecule has 2 aromatic heterocycles. The average molecular weight is 351 g/mol. The van der Waals surface area contributed by atoms with Gasteiger partial charge in [0.1, 0.15) is 0 Å². The molecule has 1 aliphatic heterocycles. The van der Waals surface area contributed by atoms with Gasteiger partial charge in [-0.1, -0.05) is 18.2 Å². The van der Waals surface area contributed by atoms with Crippen LogP contribution in [0.5, 0.6) is 0 Å². The Bertz CT molecular complexity index is 990. The van der Waals surface area contributed by atoms with Crippen LogP contribution in [-0.2, 0) is 17.8 Å². The van der Waals surface area contributed by atoms with Gasteiger partial charge in [-0.05, 0) is 12.1 Å². The Balaban J connectivity index is 1.85. The summed E-state index contributed by atoms with van der Waals surface area (Å²) >= 11 is 0. The van der Waals surface area contributed by atoms with E-state index in [9.17, 15) is 14.7 Å². The van der Waals surface area contributed by atoms with Crippen molar-refractivity contribution in [2.45, 2.75) is 19.9 Å². The highest BCUT2D eigenvalue weighted by atomic mass is 16.4. The molecule has 8 heteroatoms. The number of aromatic carboxylic acids is 1. The first-order chi connectivity index (χ1) is 12.6. The highest BCUT2D eigenvalue weighted by molar-refractivity contribution is 5.88. The lowest BCUT2D eigenvalue weighted by molar-refractivity contribution is -0.129. The fraction of sp³-hybridized carbons (Fsp3) is 0.222. The Kier molecular flexibility index (Phi) is 3.80. The lowest BCUT2D eigenvalue weighted by Crippen LogP contribution is -2.35. The van der Waals surface area contributed by atoms with Crippen LogP contribution >= 0.6 is 0 Å². The van der Waals surface area contributed by atoms with Gasteiger partial charge in [0.05, 0.1) is 5.69 Å². The van der Waals surface area contributed by atoms with Gasteiger partial charge >= 0.3 is 5.97 Å². The SMILES string of the molecule is CC(=O)N1CCc2c(c(C(=O)O)nn2-c2nccn2-c2ccccc2)C1. The lowest BCUT2D eigenvalue weighted by Gasteiger charge is -2.26. The molecule has 0 radical (unpaired) electrons. The summed E-state index contributed by atoms with van der Waals surface area (Å²) < 4.78 is 3.44. The molecular formula is C18H17N5O3. The Labute approximate surface area is 149 Å². The maximum atomic E-state index is 11.7. The molecule has 0 saturated carbocycles. The summed E-state index contributed by atoms with van der Waals surface area (Å²) in [6, 6.07) is 9.65. The minimum absolute atomic E-state index is 0.0337. The number of hydrogen-bond acceptors (Lipinski definition) is 4. The minimum Gasteiger partial charge on any atom is -0.476 e. The number of aromatic nitrogens is 4. The van der Waals surface area contributed by atoms with Gasteiger partial charge in [0, 0.05) is 50.1 Å². The first-order valence-corrected chi connectivity index (χ1v) is 8.25. The molecule has 0 fully saturated rings. The molecule has 0 unspecified atom stereocenters. The van der Waals surface area contributed by atoms with Crippen molar-refractivity contribution >= 4 is 11.9 Å². The first-order valence-electron chi connectivity index (χ1n) is 8.25. The molecule has 1 amide bonds. The predicted octanol–water partition coefficient (Wildman–Crippen LogP) is 1.66. The van der Waals surface area contributed by atoms with Gasteiger partial charge in [-0.3, -0.25) is 9.36 Å². The third kappa shape index (κ3) is 2.55. The van der Waals surface area contributed by atoms with Crippen LogP contribution in [0.25, 0.3) is 11.6 Å². The average Bonchev–Trinajstić information content (AvgIpc) is 3.26. The number of nitrogens with zero attached hydrogens (tertiary/aromatic N) is 5. The number of amides is 1. The molecule has 1 N–H and O–H groups in total. The van der Waals surface area contributed by atoms with Gasteiger partial charge in [-0.2, -0.15) is 5.10 Å². The van der Waals surface area contributed by atoms with Crippen molar-refractivity contribution in [2.24, 2.45) is 0 Å². The summed E-state index contributed by atoms with van der Waals surface area (Å²) in [4.78, 5) is 29.4. The summed E-state index contributed by atoms with van der Waals surface area (Å²) in [5, 5.41) is 13.9. The minimum atomic E-state index is -1.11. The first kappa shape index (κ1) is 16.1. The Morgan fingerprint density at radius 3 is 2.65 bits per heavy atom. The van der Waals surface area contributed by atoms with Crippen molar-refractivity contribution in [1.29, 1.82) is 0 Å². The van der Waals surface area contributed by atoms with Crippen LogP contribution in [0, 0.1) is 0 Å². The highest BCUT2D eigenvalue weighted by Gasteiger charge is 2.30. The number of hydrogen-bond donors (Lipinski definition) is 1. The number of para-hydroxylation sites is 1. The molecule has 1 aromatic carbocycles. The van der Waals surface area contributed by atoms with E-state index in [-0.39, 0.29) is 18.1 Å². The second-order valence-corrected chi connectivity index (χ2v) is 6.11. The number of carboxylic acid groups (broad SMARTS) is 1. The van der Waals surface area contributed by atoms with Crippen LogP contribution in [0.3, 0.4) is 0 Å². The van der Waals surface area contributed by atoms with Crippen molar-refractivity contribution in [1.82, 2.24) is 24.2 Å². The number of carboxylic acids is 1. The number of carbonyl (C=O) groups is 2. The van der Waals surface area contributed by atoms with Gasteiger partial charge < -0.3 is 10.0 Å². The normalized spacial score (nSPS) is 13.5. The van der Waals surface area contributed by atoms with Crippen LogP contribution in [-0.4, -0.2) is 47.8 Å². The van der Waals surface area contributed by atoms with Gasteiger partial charge in [0.15, 0.2) is 5.69 Å². The summed E-state index contributed by atoms with van der Waals surface area (Å²) in [6.45, 7) is 2.26. The molecule has 4 rings (SSSR count). The molecule has 0 spiro atoms. The van der Waals surface area contributed by atoms with E-state index in [0.29, 0.717) is 24.5 Å². The maximum absolute atomic E-state index is 11.7. The molecule has 3 aromatic rings. The van der Waals surface area contributed by atoms with Crippen LogP contribution in [0.15, 0.2) is 42.7 Å². The fourth-order valence-electron chi connectivity index (χ4n) is 3.27. The molecule has 1 aliphatic rings. The van der Waals surface area contributed by atoms with E-state index in [1.807, 2.05) is 41.1 Å². The van der Waals surface area contributed by atoms with Gasteiger partial charge in [0.2, 0.25) is 11.9 Å². The van der Waals surface area contributed by atoms with Crippen molar-refractivity contribution in [2.75, 3.05) is 6.54 Å². The maximum Gasteiger partial charge on any atom is 0.356 e. The van der Waals surface area contributed by atoms with E-state index >= 15 is 0 Å². The molecular weight excluding hydrogens is 334 g/mol. The van der Waals surface area contributed by atoms with Gasteiger partial charge in [-0.25, -0.2) is 14.5 Å². The van der Waals surface area contributed by atoms with Crippen LogP contribution in [0.2, 0.25) is 0 Å². The van der Waals surface area contributed by atoms with Crippen LogP contribution < -0.4 is 0 Å². The molecule has 3 heterocycles. The van der Waals surface area contributed by atoms with Gasteiger partial charge in [0.25, 0.3) is 0 Å². The van der Waals surface area contributed by atoms with Gasteiger partial charge in [-0.15, -0.1) is 0 Å². The van der Waals surface area contributed by atoms with E-state index in [4.69, 9.17) is 0 Å². The molecule has 132 valence electrons. The topological polar surface area (TPSA) is 93.2 Å². The van der Waals surface area contributed by atoms with E-state index in [1.54, 1.807) is 15.8 Å². The molecule has 0 saturated heterocycles. The third-order valence-corrected chi connectivity index (χ3v) is 4.55. The largest absolute Gasteiger partial charge is 0.476 e. The quantitative estimate of drug-likeness (QED) is 0.775. The Morgan fingerprint density at radius 1 is 1.19 bits per heavy atom. The Hall–Kier alpha value is -3.42.